The van der Waals surface area contributed by atoms with Crippen molar-refractivity contribution in [2.45, 2.75) is 12.8 Å². The van der Waals surface area contributed by atoms with E-state index in [0.29, 0.717) is 17.9 Å². The minimum Gasteiger partial charge on any atom is -0.492 e. The summed E-state index contributed by atoms with van der Waals surface area (Å²) in [5, 5.41) is 7.18. The van der Waals surface area contributed by atoms with Crippen LogP contribution >= 0.6 is 15.9 Å². The van der Waals surface area contributed by atoms with E-state index in [4.69, 9.17) is 4.74 Å². The number of ether oxygens (including phenoxy) is 1. The molecule has 0 unspecified atom stereocenters. The Labute approximate surface area is 189 Å². The quantitative estimate of drug-likeness (QED) is 0.524. The first-order chi connectivity index (χ1) is 15.0. The number of anilines is 1. The van der Waals surface area contributed by atoms with Crippen molar-refractivity contribution in [3.63, 3.8) is 0 Å². The molecule has 0 aliphatic carbocycles. The number of halogens is 2. The number of carbonyl (C=O) groups is 1. The van der Waals surface area contributed by atoms with Gasteiger partial charge in [0.05, 0.1) is 16.4 Å². The molecule has 2 aromatic carbocycles. The van der Waals surface area contributed by atoms with Crippen molar-refractivity contribution in [1.82, 2.24) is 14.7 Å². The van der Waals surface area contributed by atoms with Crippen molar-refractivity contribution >= 4 is 27.5 Å². The Hall–Kier alpha value is -2.71. The van der Waals surface area contributed by atoms with E-state index in [1.54, 1.807) is 16.9 Å². The molecule has 1 amide bonds. The topological polar surface area (TPSA) is 59.4 Å². The number of amides is 1. The van der Waals surface area contributed by atoms with E-state index in [2.05, 4.69) is 31.2 Å². The van der Waals surface area contributed by atoms with Gasteiger partial charge in [-0.2, -0.15) is 5.10 Å². The van der Waals surface area contributed by atoms with E-state index in [0.717, 1.165) is 41.1 Å². The first-order valence-corrected chi connectivity index (χ1v) is 11.0. The number of hydrogen-bond donors (Lipinski definition) is 1. The molecule has 1 fully saturated rings. The summed E-state index contributed by atoms with van der Waals surface area (Å²) in [5.74, 6) is 0.0383. The van der Waals surface area contributed by atoms with E-state index in [1.165, 1.54) is 37.1 Å². The first-order valence-electron chi connectivity index (χ1n) is 10.3. The van der Waals surface area contributed by atoms with E-state index < -0.39 is 0 Å². The van der Waals surface area contributed by atoms with Crippen molar-refractivity contribution in [3.05, 3.63) is 64.5 Å². The largest absolute Gasteiger partial charge is 0.492 e. The highest BCUT2D eigenvalue weighted by atomic mass is 79.9. The number of likely N-dealkylation sites (tertiary alicyclic amines) is 1. The fourth-order valence-corrected chi connectivity index (χ4v) is 4.29. The molecule has 8 heteroatoms. The second-order valence-corrected chi connectivity index (χ2v) is 8.39. The summed E-state index contributed by atoms with van der Waals surface area (Å²) in [7, 11) is 1.86. The van der Waals surface area contributed by atoms with Gasteiger partial charge < -0.3 is 10.1 Å². The van der Waals surface area contributed by atoms with Crippen LogP contribution in [0.3, 0.4) is 0 Å². The fraction of sp³-hybridized carbons (Fsp3) is 0.304. The third-order valence-corrected chi connectivity index (χ3v) is 5.94. The molecular weight excluding hydrogens is 463 g/mol. The monoisotopic (exact) mass is 486 g/mol. The van der Waals surface area contributed by atoms with Crippen LogP contribution in [0, 0.1) is 5.82 Å². The van der Waals surface area contributed by atoms with Gasteiger partial charge in [-0.3, -0.25) is 14.4 Å². The van der Waals surface area contributed by atoms with Gasteiger partial charge in [-0.1, -0.05) is 0 Å². The predicted molar refractivity (Wildman–Crippen MR) is 122 cm³/mol. The van der Waals surface area contributed by atoms with Crippen molar-refractivity contribution < 1.29 is 13.9 Å². The van der Waals surface area contributed by atoms with Crippen LogP contribution in [-0.4, -0.2) is 46.8 Å². The van der Waals surface area contributed by atoms with Crippen LogP contribution in [-0.2, 0) is 7.05 Å². The number of nitrogens with zero attached hydrogens (tertiary/aromatic N) is 3. The second-order valence-electron chi connectivity index (χ2n) is 7.53. The molecule has 0 radical (unpaired) electrons. The molecule has 1 aliphatic heterocycles. The minimum atomic E-state index is -0.379. The molecule has 2 heterocycles. The molecule has 1 saturated heterocycles. The summed E-state index contributed by atoms with van der Waals surface area (Å²) in [6.45, 7) is 3.72. The lowest BCUT2D eigenvalue weighted by atomic mass is 10.1. The van der Waals surface area contributed by atoms with Crippen LogP contribution in [0.1, 0.15) is 23.2 Å². The maximum atomic E-state index is 13.1. The van der Waals surface area contributed by atoms with Crippen molar-refractivity contribution in [2.24, 2.45) is 7.05 Å². The smallest absolute Gasteiger partial charge is 0.255 e. The van der Waals surface area contributed by atoms with Crippen LogP contribution in [0.5, 0.6) is 5.75 Å². The molecule has 4 rings (SSSR count). The summed E-state index contributed by atoms with van der Waals surface area (Å²) in [6, 6.07) is 11.0. The molecule has 0 saturated carbocycles. The normalized spacial score (nSPS) is 14.0. The summed E-state index contributed by atoms with van der Waals surface area (Å²) in [6.07, 6.45) is 4.22. The van der Waals surface area contributed by atoms with Crippen LogP contribution in [0.2, 0.25) is 0 Å². The number of aromatic nitrogens is 2. The van der Waals surface area contributed by atoms with Crippen molar-refractivity contribution in [2.75, 3.05) is 31.6 Å². The van der Waals surface area contributed by atoms with Crippen LogP contribution in [0.15, 0.2) is 53.1 Å². The molecule has 0 atom stereocenters. The highest BCUT2D eigenvalue weighted by Crippen LogP contribution is 2.36. The van der Waals surface area contributed by atoms with Gasteiger partial charge in [0.1, 0.15) is 18.2 Å². The lowest BCUT2D eigenvalue weighted by molar-refractivity contribution is 0.102. The fourth-order valence-electron chi connectivity index (χ4n) is 3.73. The first kappa shape index (κ1) is 21.5. The Morgan fingerprint density at radius 1 is 1.19 bits per heavy atom. The SMILES string of the molecule is Cn1ncc(Br)c1-c1cc(NC(=O)c2ccc(F)cc2)ccc1OCCN1CCCC1. The summed E-state index contributed by atoms with van der Waals surface area (Å²) < 4.78 is 21.9. The van der Waals surface area contributed by atoms with Gasteiger partial charge in [-0.05, 0) is 84.3 Å². The summed E-state index contributed by atoms with van der Waals surface area (Å²) in [4.78, 5) is 15.0. The summed E-state index contributed by atoms with van der Waals surface area (Å²) in [5.41, 5.74) is 2.68. The summed E-state index contributed by atoms with van der Waals surface area (Å²) >= 11 is 3.56. The molecule has 162 valence electrons. The molecule has 1 N–H and O–H groups in total. The number of nitrogens with one attached hydrogen (secondary N) is 1. The average Bonchev–Trinajstić information content (AvgIpc) is 3.39. The molecule has 1 aliphatic rings. The number of aryl methyl sites for hydroxylation is 1. The number of rotatable bonds is 7. The Bertz CT molecular complexity index is 1040. The van der Waals surface area contributed by atoms with Gasteiger partial charge in [0.15, 0.2) is 0 Å². The Balaban J connectivity index is 1.57. The van der Waals surface area contributed by atoms with E-state index in [9.17, 15) is 9.18 Å². The van der Waals surface area contributed by atoms with Crippen molar-refractivity contribution in [3.8, 4) is 17.0 Å². The van der Waals surface area contributed by atoms with Gasteiger partial charge in [-0.25, -0.2) is 4.39 Å². The standard InChI is InChI=1S/C23H24BrFN4O2/c1-28-22(20(24)15-26-28)19-14-18(27-23(30)16-4-6-17(25)7-5-16)8-9-21(19)31-13-12-29-10-2-3-11-29/h4-9,14-15H,2-3,10-13H2,1H3,(H,27,30). The molecule has 0 bridgehead atoms. The van der Waals surface area contributed by atoms with Crippen LogP contribution in [0.25, 0.3) is 11.3 Å². The Morgan fingerprint density at radius 2 is 1.94 bits per heavy atom. The zero-order chi connectivity index (χ0) is 21.8. The average molecular weight is 487 g/mol. The lowest BCUT2D eigenvalue weighted by Gasteiger charge is -2.18. The van der Waals surface area contributed by atoms with Crippen molar-refractivity contribution in [1.29, 1.82) is 0 Å². The molecule has 0 spiro atoms. The minimum absolute atomic E-state index is 0.308. The molecule has 6 nitrogen and oxygen atoms in total. The predicted octanol–water partition coefficient (Wildman–Crippen LogP) is 4.72. The van der Waals surface area contributed by atoms with Gasteiger partial charge in [-0.15, -0.1) is 0 Å². The highest BCUT2D eigenvalue weighted by Gasteiger charge is 2.17. The van der Waals surface area contributed by atoms with Crippen LogP contribution < -0.4 is 10.1 Å². The van der Waals surface area contributed by atoms with E-state index in [1.807, 2.05) is 19.2 Å². The molecular formula is C23H24BrFN4O2. The molecule has 1 aromatic heterocycles. The van der Waals surface area contributed by atoms with Gasteiger partial charge in [0.2, 0.25) is 0 Å². The zero-order valence-corrected chi connectivity index (χ0v) is 18.9. The lowest BCUT2D eigenvalue weighted by Crippen LogP contribution is -2.25. The van der Waals surface area contributed by atoms with E-state index in [-0.39, 0.29) is 11.7 Å². The highest BCUT2D eigenvalue weighted by molar-refractivity contribution is 9.10. The number of hydrogen-bond acceptors (Lipinski definition) is 4. The van der Waals surface area contributed by atoms with Crippen LogP contribution in [0.4, 0.5) is 10.1 Å². The third kappa shape index (κ3) is 5.14. The molecule has 31 heavy (non-hydrogen) atoms. The number of benzene rings is 2. The van der Waals surface area contributed by atoms with Gasteiger partial charge >= 0.3 is 0 Å². The Kier molecular flexibility index (Phi) is 6.67. The maximum Gasteiger partial charge on any atom is 0.255 e. The maximum absolute atomic E-state index is 13.1. The van der Waals surface area contributed by atoms with Gasteiger partial charge in [0, 0.05) is 30.4 Å². The third-order valence-electron chi connectivity index (χ3n) is 5.36. The number of carbonyl (C=O) groups excluding carboxylic acids is 1. The molecule has 3 aromatic rings. The Morgan fingerprint density at radius 3 is 2.61 bits per heavy atom. The second kappa shape index (κ2) is 9.62. The van der Waals surface area contributed by atoms with E-state index >= 15 is 0 Å². The zero-order valence-electron chi connectivity index (χ0n) is 17.3. The van der Waals surface area contributed by atoms with Gasteiger partial charge in [0.25, 0.3) is 5.91 Å².